The highest BCUT2D eigenvalue weighted by molar-refractivity contribution is 5.96. The molecule has 7 heteroatoms. The smallest absolute Gasteiger partial charge is 0.318 e. The van der Waals surface area contributed by atoms with Gasteiger partial charge in [-0.15, -0.1) is 0 Å². The van der Waals surface area contributed by atoms with Gasteiger partial charge in [0.15, 0.2) is 11.5 Å². The second-order valence-corrected chi connectivity index (χ2v) is 5.77. The van der Waals surface area contributed by atoms with Gasteiger partial charge < -0.3 is 15.2 Å². The van der Waals surface area contributed by atoms with Crippen LogP contribution in [0.5, 0.6) is 11.5 Å². The number of imide groups is 1. The maximum absolute atomic E-state index is 12.5. The maximum Gasteiger partial charge on any atom is 0.318 e. The fraction of sp³-hybridized carbons (Fsp3) is 0.222. The molecule has 25 heavy (non-hydrogen) atoms. The number of fused-ring (bicyclic) bond motifs is 1. The van der Waals surface area contributed by atoms with Crippen molar-refractivity contribution in [1.29, 1.82) is 0 Å². The zero-order valence-electron chi connectivity index (χ0n) is 13.8. The highest BCUT2D eigenvalue weighted by Crippen LogP contribution is 2.33. The van der Waals surface area contributed by atoms with Crippen LogP contribution in [0.3, 0.4) is 0 Å². The number of nitrogens with one attached hydrogen (secondary N) is 1. The maximum atomic E-state index is 12.5. The number of carbonyl (C=O) groups excluding carboxylic acids is 2. The van der Waals surface area contributed by atoms with Crippen LogP contribution in [0.4, 0.5) is 4.79 Å². The number of likely N-dealkylation sites (N-methyl/N-ethyl adjacent to an activating group) is 1. The van der Waals surface area contributed by atoms with Crippen molar-refractivity contribution in [3.05, 3.63) is 59.7 Å². The number of ether oxygens (including phenoxy) is 2. The molecular weight excluding hydrogens is 322 g/mol. The molecule has 0 radical (unpaired) electrons. The SMILES string of the molecule is CN(Cc1ccc2c(c1)OCO2)C(C(=O)NC(N)=O)c1ccccc1. The molecule has 3 rings (SSSR count). The van der Waals surface area contributed by atoms with Gasteiger partial charge in [0.1, 0.15) is 6.04 Å². The molecule has 0 saturated carbocycles. The number of carbonyl (C=O) groups is 2. The second kappa shape index (κ2) is 7.23. The quantitative estimate of drug-likeness (QED) is 0.865. The van der Waals surface area contributed by atoms with E-state index in [4.69, 9.17) is 15.2 Å². The summed E-state index contributed by atoms with van der Waals surface area (Å²) in [6.45, 7) is 0.685. The minimum atomic E-state index is -0.873. The van der Waals surface area contributed by atoms with Gasteiger partial charge in [-0.2, -0.15) is 0 Å². The number of hydrogen-bond donors (Lipinski definition) is 2. The van der Waals surface area contributed by atoms with E-state index in [1.54, 1.807) is 0 Å². The Kier molecular flexibility index (Phi) is 4.85. The number of nitrogens with zero attached hydrogens (tertiary/aromatic N) is 1. The Labute approximate surface area is 145 Å². The van der Waals surface area contributed by atoms with Crippen LogP contribution < -0.4 is 20.5 Å². The summed E-state index contributed by atoms with van der Waals surface area (Å²) in [7, 11) is 1.81. The first-order valence-corrected chi connectivity index (χ1v) is 7.78. The Hall–Kier alpha value is -3.06. The molecule has 1 aliphatic rings. The fourth-order valence-corrected chi connectivity index (χ4v) is 2.85. The van der Waals surface area contributed by atoms with Gasteiger partial charge in [-0.25, -0.2) is 4.79 Å². The van der Waals surface area contributed by atoms with Crippen LogP contribution in [-0.2, 0) is 11.3 Å². The van der Waals surface area contributed by atoms with Gasteiger partial charge in [-0.05, 0) is 30.3 Å². The largest absolute Gasteiger partial charge is 0.454 e. The summed E-state index contributed by atoms with van der Waals surface area (Å²) in [5.41, 5.74) is 6.83. The standard InChI is InChI=1S/C18H19N3O4/c1-21(10-12-7-8-14-15(9-12)25-11-24-14)16(17(22)20-18(19)23)13-5-3-2-4-6-13/h2-9,16H,10-11H2,1H3,(H3,19,20,22,23). The van der Waals surface area contributed by atoms with Crippen LogP contribution >= 0.6 is 0 Å². The summed E-state index contributed by atoms with van der Waals surface area (Å²) in [6.07, 6.45) is 0. The lowest BCUT2D eigenvalue weighted by atomic mass is 10.0. The van der Waals surface area contributed by atoms with Crippen LogP contribution in [0, 0.1) is 0 Å². The van der Waals surface area contributed by atoms with E-state index in [9.17, 15) is 9.59 Å². The van der Waals surface area contributed by atoms with Crippen molar-refractivity contribution in [3.63, 3.8) is 0 Å². The van der Waals surface area contributed by atoms with Crippen LogP contribution in [0.15, 0.2) is 48.5 Å². The summed E-state index contributed by atoms with van der Waals surface area (Å²) < 4.78 is 10.7. The zero-order chi connectivity index (χ0) is 17.8. The van der Waals surface area contributed by atoms with Gasteiger partial charge >= 0.3 is 6.03 Å². The molecule has 1 unspecified atom stereocenters. The molecule has 0 fully saturated rings. The van der Waals surface area contributed by atoms with Crippen molar-refractivity contribution in [2.24, 2.45) is 5.73 Å². The average Bonchev–Trinajstić information content (AvgIpc) is 3.03. The molecule has 1 heterocycles. The van der Waals surface area contributed by atoms with Crippen molar-refractivity contribution in [2.45, 2.75) is 12.6 Å². The first-order chi connectivity index (χ1) is 12.0. The third-order valence-corrected chi connectivity index (χ3v) is 3.92. The van der Waals surface area contributed by atoms with E-state index in [-0.39, 0.29) is 6.79 Å². The van der Waals surface area contributed by atoms with E-state index in [1.165, 1.54) is 0 Å². The summed E-state index contributed by atoms with van der Waals surface area (Å²) in [4.78, 5) is 25.4. The first-order valence-electron chi connectivity index (χ1n) is 7.78. The molecule has 1 aliphatic heterocycles. The molecule has 3 N–H and O–H groups in total. The molecule has 0 spiro atoms. The van der Waals surface area contributed by atoms with Gasteiger partial charge in [0.25, 0.3) is 0 Å². The number of amides is 3. The monoisotopic (exact) mass is 341 g/mol. The van der Waals surface area contributed by atoms with Crippen molar-refractivity contribution >= 4 is 11.9 Å². The minimum absolute atomic E-state index is 0.211. The Morgan fingerprint density at radius 2 is 1.88 bits per heavy atom. The fourth-order valence-electron chi connectivity index (χ4n) is 2.85. The molecule has 0 bridgehead atoms. The summed E-state index contributed by atoms with van der Waals surface area (Å²) in [6, 6.07) is 13.3. The molecule has 1 atom stereocenters. The molecule has 3 amide bonds. The van der Waals surface area contributed by atoms with Crippen molar-refractivity contribution < 1.29 is 19.1 Å². The van der Waals surface area contributed by atoms with Gasteiger partial charge in [-0.1, -0.05) is 36.4 Å². The van der Waals surface area contributed by atoms with E-state index >= 15 is 0 Å². The Morgan fingerprint density at radius 1 is 1.16 bits per heavy atom. The van der Waals surface area contributed by atoms with E-state index in [0.29, 0.717) is 18.0 Å². The lowest BCUT2D eigenvalue weighted by molar-refractivity contribution is -0.125. The van der Waals surface area contributed by atoms with Crippen molar-refractivity contribution in [2.75, 3.05) is 13.8 Å². The highest BCUT2D eigenvalue weighted by Gasteiger charge is 2.26. The number of primary amides is 1. The molecular formula is C18H19N3O4. The van der Waals surface area contributed by atoms with Crippen LogP contribution in [0.2, 0.25) is 0 Å². The van der Waals surface area contributed by atoms with E-state index in [1.807, 2.05) is 60.5 Å². The normalized spacial score (nSPS) is 13.5. The van der Waals surface area contributed by atoms with E-state index < -0.39 is 18.0 Å². The lowest BCUT2D eigenvalue weighted by Crippen LogP contribution is -2.43. The van der Waals surface area contributed by atoms with Crippen molar-refractivity contribution in [3.8, 4) is 11.5 Å². The Bertz CT molecular complexity index is 779. The summed E-state index contributed by atoms with van der Waals surface area (Å²) >= 11 is 0. The Balaban J connectivity index is 1.82. The number of benzene rings is 2. The molecule has 7 nitrogen and oxygen atoms in total. The average molecular weight is 341 g/mol. The number of rotatable bonds is 5. The second-order valence-electron chi connectivity index (χ2n) is 5.77. The van der Waals surface area contributed by atoms with Crippen LogP contribution in [-0.4, -0.2) is 30.7 Å². The first kappa shape index (κ1) is 16.8. The minimum Gasteiger partial charge on any atom is -0.454 e. The third-order valence-electron chi connectivity index (χ3n) is 3.92. The Morgan fingerprint density at radius 3 is 2.60 bits per heavy atom. The summed E-state index contributed by atoms with van der Waals surface area (Å²) in [5.74, 6) is 0.920. The predicted molar refractivity (Wildman–Crippen MR) is 90.9 cm³/mol. The van der Waals surface area contributed by atoms with Crippen molar-refractivity contribution in [1.82, 2.24) is 10.2 Å². The van der Waals surface area contributed by atoms with Gasteiger partial charge in [0, 0.05) is 6.54 Å². The molecule has 2 aromatic carbocycles. The van der Waals surface area contributed by atoms with Crippen LogP contribution in [0.25, 0.3) is 0 Å². The molecule has 0 saturated heterocycles. The summed E-state index contributed by atoms with van der Waals surface area (Å²) in [5, 5.41) is 2.16. The van der Waals surface area contributed by atoms with Gasteiger partial charge in [0.05, 0.1) is 0 Å². The molecule has 0 aromatic heterocycles. The predicted octanol–water partition coefficient (Wildman–Crippen LogP) is 1.78. The van der Waals surface area contributed by atoms with Gasteiger partial charge in [0.2, 0.25) is 12.7 Å². The molecule has 130 valence electrons. The van der Waals surface area contributed by atoms with E-state index in [0.717, 1.165) is 11.1 Å². The lowest BCUT2D eigenvalue weighted by Gasteiger charge is -2.27. The number of urea groups is 1. The number of nitrogens with two attached hydrogens (primary N) is 1. The van der Waals surface area contributed by atoms with E-state index in [2.05, 4.69) is 5.32 Å². The third kappa shape index (κ3) is 3.89. The molecule has 0 aliphatic carbocycles. The molecule has 2 aromatic rings. The van der Waals surface area contributed by atoms with Crippen LogP contribution in [0.1, 0.15) is 17.2 Å². The topological polar surface area (TPSA) is 93.9 Å². The highest BCUT2D eigenvalue weighted by atomic mass is 16.7. The number of hydrogen-bond acceptors (Lipinski definition) is 5. The zero-order valence-corrected chi connectivity index (χ0v) is 13.8. The van der Waals surface area contributed by atoms with Gasteiger partial charge in [-0.3, -0.25) is 15.0 Å².